The number of oxime groups is 1. The summed E-state index contributed by atoms with van der Waals surface area (Å²) in [5.74, 6) is 0. The molecule has 0 N–H and O–H groups in total. The molecule has 0 spiro atoms. The summed E-state index contributed by atoms with van der Waals surface area (Å²) >= 11 is 0. The molecule has 54 valence electrons. The number of hydrogen-bond acceptors (Lipinski definition) is 2. The average molecular weight is 129 g/mol. The highest BCUT2D eigenvalue weighted by Crippen LogP contribution is 2.15. The van der Waals surface area contributed by atoms with E-state index in [4.69, 9.17) is 0 Å². The van der Waals surface area contributed by atoms with E-state index in [1.807, 2.05) is 6.92 Å². The molecule has 0 aliphatic heterocycles. The molecule has 0 amide bonds. The van der Waals surface area contributed by atoms with E-state index in [2.05, 4.69) is 30.8 Å². The third kappa shape index (κ3) is 3.12. The van der Waals surface area contributed by atoms with Crippen LogP contribution < -0.4 is 0 Å². The summed E-state index contributed by atoms with van der Waals surface area (Å²) in [6, 6.07) is 0. The van der Waals surface area contributed by atoms with Crippen molar-refractivity contribution in [2.24, 2.45) is 10.6 Å². The van der Waals surface area contributed by atoms with Crippen molar-refractivity contribution in [3.63, 3.8) is 0 Å². The van der Waals surface area contributed by atoms with E-state index in [1.165, 1.54) is 0 Å². The van der Waals surface area contributed by atoms with Gasteiger partial charge in [0.1, 0.15) is 7.11 Å². The zero-order valence-electron chi connectivity index (χ0n) is 6.86. The molecule has 0 radical (unpaired) electrons. The summed E-state index contributed by atoms with van der Waals surface area (Å²) < 4.78 is 0. The van der Waals surface area contributed by atoms with E-state index in [-0.39, 0.29) is 5.41 Å². The summed E-state index contributed by atoms with van der Waals surface area (Å²) in [6.45, 7) is 8.27. The van der Waals surface area contributed by atoms with Gasteiger partial charge in [-0.1, -0.05) is 25.9 Å². The van der Waals surface area contributed by atoms with E-state index in [0.29, 0.717) is 0 Å². The van der Waals surface area contributed by atoms with Crippen molar-refractivity contribution in [1.82, 2.24) is 0 Å². The van der Waals surface area contributed by atoms with Gasteiger partial charge < -0.3 is 4.84 Å². The lowest BCUT2D eigenvalue weighted by molar-refractivity contribution is 0.209. The Morgan fingerprint density at radius 1 is 1.33 bits per heavy atom. The normalized spacial score (nSPS) is 13.7. The molecule has 0 aromatic carbocycles. The standard InChI is InChI=1S/C7H15NO/c1-6(8-9-5)7(2,3)4/h1-5H3. The minimum Gasteiger partial charge on any atom is -0.399 e. The first-order chi connectivity index (χ1) is 3.98. The predicted octanol–water partition coefficient (Wildman–Crippen LogP) is 2.05. The maximum Gasteiger partial charge on any atom is 0.106 e. The van der Waals surface area contributed by atoms with E-state index < -0.39 is 0 Å². The molecule has 0 rings (SSSR count). The maximum atomic E-state index is 4.62. The molecule has 0 unspecified atom stereocenters. The molecule has 0 aromatic heterocycles. The van der Waals surface area contributed by atoms with Crippen molar-refractivity contribution >= 4 is 5.71 Å². The molecule has 2 heteroatoms. The van der Waals surface area contributed by atoms with Crippen LogP contribution in [0.25, 0.3) is 0 Å². The van der Waals surface area contributed by atoms with E-state index in [9.17, 15) is 0 Å². The van der Waals surface area contributed by atoms with E-state index in [1.54, 1.807) is 7.11 Å². The van der Waals surface area contributed by atoms with Crippen LogP contribution in [0, 0.1) is 5.41 Å². The average Bonchev–Trinajstić information content (AvgIpc) is 1.64. The molecule has 0 aliphatic rings. The minimum atomic E-state index is 0.135. The third-order valence-electron chi connectivity index (χ3n) is 1.31. The third-order valence-corrected chi connectivity index (χ3v) is 1.31. The molecular formula is C7H15NO. The lowest BCUT2D eigenvalue weighted by atomic mass is 9.91. The monoisotopic (exact) mass is 129 g/mol. The Bertz CT molecular complexity index is 111. The molecule has 0 bridgehead atoms. The number of rotatable bonds is 1. The lowest BCUT2D eigenvalue weighted by Gasteiger charge is -2.16. The quantitative estimate of drug-likeness (QED) is 0.392. The first kappa shape index (κ1) is 8.47. The summed E-state index contributed by atoms with van der Waals surface area (Å²) in [4.78, 5) is 4.62. The highest BCUT2D eigenvalue weighted by molar-refractivity contribution is 5.86. The van der Waals surface area contributed by atoms with Gasteiger partial charge in [0.2, 0.25) is 0 Å². The van der Waals surface area contributed by atoms with Crippen LogP contribution in [-0.2, 0) is 4.84 Å². The van der Waals surface area contributed by atoms with Crippen molar-refractivity contribution in [3.8, 4) is 0 Å². The van der Waals surface area contributed by atoms with Gasteiger partial charge in [-0.3, -0.25) is 0 Å². The smallest absolute Gasteiger partial charge is 0.106 e. The molecule has 0 saturated carbocycles. The summed E-state index contributed by atoms with van der Waals surface area (Å²) in [5, 5.41) is 3.81. The van der Waals surface area contributed by atoms with Crippen molar-refractivity contribution in [3.05, 3.63) is 0 Å². The van der Waals surface area contributed by atoms with Crippen LogP contribution in [-0.4, -0.2) is 12.8 Å². The van der Waals surface area contributed by atoms with Crippen LogP contribution in [0.5, 0.6) is 0 Å². The van der Waals surface area contributed by atoms with Gasteiger partial charge >= 0.3 is 0 Å². The van der Waals surface area contributed by atoms with Crippen molar-refractivity contribution < 1.29 is 4.84 Å². The van der Waals surface area contributed by atoms with Gasteiger partial charge in [0.15, 0.2) is 0 Å². The Morgan fingerprint density at radius 3 is 1.89 bits per heavy atom. The Labute approximate surface area is 56.9 Å². The van der Waals surface area contributed by atoms with Crippen LogP contribution in [0.15, 0.2) is 5.16 Å². The summed E-state index contributed by atoms with van der Waals surface area (Å²) in [7, 11) is 1.56. The SMILES string of the molecule is CON=C(C)C(C)(C)C. The van der Waals surface area contributed by atoms with Gasteiger partial charge in [-0.2, -0.15) is 0 Å². The molecule has 9 heavy (non-hydrogen) atoms. The van der Waals surface area contributed by atoms with Crippen LogP contribution >= 0.6 is 0 Å². The summed E-state index contributed by atoms with van der Waals surface area (Å²) in [6.07, 6.45) is 0. The molecule has 0 aromatic rings. The summed E-state index contributed by atoms with van der Waals surface area (Å²) in [5.41, 5.74) is 1.15. The molecule has 0 fully saturated rings. The predicted molar refractivity (Wildman–Crippen MR) is 39.6 cm³/mol. The van der Waals surface area contributed by atoms with Gasteiger partial charge in [0.05, 0.1) is 5.71 Å². The fourth-order valence-electron chi connectivity index (χ4n) is 0.274. The van der Waals surface area contributed by atoms with Crippen LogP contribution in [0.4, 0.5) is 0 Å². The van der Waals surface area contributed by atoms with Crippen molar-refractivity contribution in [1.29, 1.82) is 0 Å². The van der Waals surface area contributed by atoms with Crippen molar-refractivity contribution in [2.45, 2.75) is 27.7 Å². The van der Waals surface area contributed by atoms with E-state index >= 15 is 0 Å². The Balaban J connectivity index is 4.03. The van der Waals surface area contributed by atoms with Crippen molar-refractivity contribution in [2.75, 3.05) is 7.11 Å². The first-order valence-corrected chi connectivity index (χ1v) is 3.06. The number of hydrogen-bond donors (Lipinski definition) is 0. The highest BCUT2D eigenvalue weighted by atomic mass is 16.6. The number of nitrogens with zero attached hydrogens (tertiary/aromatic N) is 1. The maximum absolute atomic E-state index is 4.62. The van der Waals surface area contributed by atoms with Gasteiger partial charge in [0.25, 0.3) is 0 Å². The second-order valence-corrected chi connectivity index (χ2v) is 3.11. The second-order valence-electron chi connectivity index (χ2n) is 3.11. The van der Waals surface area contributed by atoms with Gasteiger partial charge in [-0.05, 0) is 6.92 Å². The van der Waals surface area contributed by atoms with Crippen LogP contribution in [0.1, 0.15) is 27.7 Å². The lowest BCUT2D eigenvalue weighted by Crippen LogP contribution is -2.16. The van der Waals surface area contributed by atoms with Gasteiger partial charge in [0, 0.05) is 5.41 Å². The van der Waals surface area contributed by atoms with Gasteiger partial charge in [-0.25, -0.2) is 0 Å². The molecule has 0 heterocycles. The van der Waals surface area contributed by atoms with E-state index in [0.717, 1.165) is 5.71 Å². The zero-order chi connectivity index (χ0) is 7.49. The van der Waals surface area contributed by atoms with Gasteiger partial charge in [-0.15, -0.1) is 0 Å². The molecular weight excluding hydrogens is 114 g/mol. The zero-order valence-corrected chi connectivity index (χ0v) is 6.86. The minimum absolute atomic E-state index is 0.135. The Hall–Kier alpha value is -0.530. The molecule has 0 saturated heterocycles. The van der Waals surface area contributed by atoms with Crippen LogP contribution in [0.2, 0.25) is 0 Å². The Kier molecular flexibility index (Phi) is 2.68. The highest BCUT2D eigenvalue weighted by Gasteiger charge is 2.14. The second kappa shape index (κ2) is 2.85. The Morgan fingerprint density at radius 2 is 1.78 bits per heavy atom. The topological polar surface area (TPSA) is 21.6 Å². The molecule has 0 atom stereocenters. The fraction of sp³-hybridized carbons (Fsp3) is 0.857. The fourth-order valence-corrected chi connectivity index (χ4v) is 0.274. The van der Waals surface area contributed by atoms with Crippen LogP contribution in [0.3, 0.4) is 0 Å². The molecule has 2 nitrogen and oxygen atoms in total. The first-order valence-electron chi connectivity index (χ1n) is 3.06. The molecule has 0 aliphatic carbocycles. The largest absolute Gasteiger partial charge is 0.399 e.